The standard InChI is InChI=1S/C25H26N6O4/c1-30-13-6-14-31(25-24(30)26-17-7-4-5-8-18(17)27-25)22(32)12-11-21-28-23(29-35-21)16-9-10-19(33-2)20(15-16)34-3/h4-5,7-10,15H,6,11-14H2,1-3H3. The van der Waals surface area contributed by atoms with Gasteiger partial charge in [0.1, 0.15) is 0 Å². The lowest BCUT2D eigenvalue weighted by molar-refractivity contribution is -0.118. The molecule has 4 aromatic rings. The molecule has 3 heterocycles. The van der Waals surface area contributed by atoms with Gasteiger partial charge in [0.2, 0.25) is 17.6 Å². The molecule has 180 valence electrons. The van der Waals surface area contributed by atoms with E-state index < -0.39 is 0 Å². The number of ether oxygens (including phenoxy) is 2. The number of hydrogen-bond acceptors (Lipinski definition) is 9. The first-order valence-corrected chi connectivity index (χ1v) is 11.4. The monoisotopic (exact) mass is 474 g/mol. The van der Waals surface area contributed by atoms with Crippen LogP contribution in [0.15, 0.2) is 47.0 Å². The number of benzene rings is 2. The zero-order valence-electron chi connectivity index (χ0n) is 19.9. The van der Waals surface area contributed by atoms with Crippen molar-refractivity contribution in [3.63, 3.8) is 0 Å². The normalized spacial score (nSPS) is 13.5. The molecule has 0 spiro atoms. The Morgan fingerprint density at radius 3 is 2.46 bits per heavy atom. The van der Waals surface area contributed by atoms with Crippen molar-refractivity contribution in [2.24, 2.45) is 0 Å². The minimum atomic E-state index is -0.0583. The Hall–Kier alpha value is -4.21. The van der Waals surface area contributed by atoms with Crippen molar-refractivity contribution >= 4 is 28.6 Å². The Labute approximate surface area is 202 Å². The van der Waals surface area contributed by atoms with Gasteiger partial charge in [0.05, 0.1) is 25.3 Å². The maximum absolute atomic E-state index is 13.3. The number of carbonyl (C=O) groups is 1. The molecule has 1 amide bonds. The van der Waals surface area contributed by atoms with Crippen LogP contribution in [-0.2, 0) is 11.2 Å². The van der Waals surface area contributed by atoms with Gasteiger partial charge < -0.3 is 18.9 Å². The molecule has 0 N–H and O–H groups in total. The van der Waals surface area contributed by atoms with Crippen LogP contribution in [0.5, 0.6) is 11.5 Å². The van der Waals surface area contributed by atoms with Crippen LogP contribution in [0.3, 0.4) is 0 Å². The zero-order chi connectivity index (χ0) is 24.4. The van der Waals surface area contributed by atoms with Gasteiger partial charge >= 0.3 is 0 Å². The first-order chi connectivity index (χ1) is 17.1. The van der Waals surface area contributed by atoms with Crippen LogP contribution in [0.4, 0.5) is 11.6 Å². The van der Waals surface area contributed by atoms with Gasteiger partial charge in [0.25, 0.3) is 0 Å². The molecular weight excluding hydrogens is 448 g/mol. The second-order valence-corrected chi connectivity index (χ2v) is 8.26. The van der Waals surface area contributed by atoms with E-state index in [9.17, 15) is 4.79 Å². The number of methoxy groups -OCH3 is 2. The van der Waals surface area contributed by atoms with E-state index in [1.807, 2.05) is 37.4 Å². The summed E-state index contributed by atoms with van der Waals surface area (Å²) in [5.41, 5.74) is 2.30. The largest absolute Gasteiger partial charge is 0.493 e. The first-order valence-electron chi connectivity index (χ1n) is 11.4. The molecule has 0 aliphatic carbocycles. The van der Waals surface area contributed by atoms with E-state index in [4.69, 9.17) is 24.0 Å². The smallest absolute Gasteiger partial charge is 0.228 e. The summed E-state index contributed by atoms with van der Waals surface area (Å²) in [6.45, 7) is 1.37. The van der Waals surface area contributed by atoms with Gasteiger partial charge in [-0.2, -0.15) is 4.98 Å². The Balaban J connectivity index is 1.34. The van der Waals surface area contributed by atoms with Gasteiger partial charge in [-0.05, 0) is 36.8 Å². The van der Waals surface area contributed by atoms with Crippen LogP contribution >= 0.6 is 0 Å². The van der Waals surface area contributed by atoms with Gasteiger partial charge in [-0.1, -0.05) is 17.3 Å². The predicted molar refractivity (Wildman–Crippen MR) is 131 cm³/mol. The molecule has 0 fully saturated rings. The number of anilines is 2. The zero-order valence-corrected chi connectivity index (χ0v) is 19.9. The summed E-state index contributed by atoms with van der Waals surface area (Å²) in [6, 6.07) is 13.1. The summed E-state index contributed by atoms with van der Waals surface area (Å²) in [5, 5.41) is 4.07. The predicted octanol–water partition coefficient (Wildman–Crippen LogP) is 3.50. The van der Waals surface area contributed by atoms with Gasteiger partial charge in [0, 0.05) is 38.5 Å². The van der Waals surface area contributed by atoms with Crippen molar-refractivity contribution in [1.82, 2.24) is 20.1 Å². The second-order valence-electron chi connectivity index (χ2n) is 8.26. The highest BCUT2D eigenvalue weighted by atomic mass is 16.5. The Bertz CT molecular complexity index is 1370. The number of hydrogen-bond donors (Lipinski definition) is 0. The summed E-state index contributed by atoms with van der Waals surface area (Å²) in [6.07, 6.45) is 1.35. The van der Waals surface area contributed by atoms with Crippen LogP contribution in [0, 0.1) is 0 Å². The molecule has 2 aromatic heterocycles. The summed E-state index contributed by atoms with van der Waals surface area (Å²) in [4.78, 5) is 31.1. The van der Waals surface area contributed by atoms with E-state index in [0.29, 0.717) is 47.8 Å². The van der Waals surface area contributed by atoms with Crippen molar-refractivity contribution in [2.45, 2.75) is 19.3 Å². The number of nitrogens with zero attached hydrogens (tertiary/aromatic N) is 6. The number of para-hydroxylation sites is 2. The van der Waals surface area contributed by atoms with Crippen molar-refractivity contribution < 1.29 is 18.8 Å². The van der Waals surface area contributed by atoms with Crippen LogP contribution in [-0.4, -0.2) is 60.4 Å². The summed E-state index contributed by atoms with van der Waals surface area (Å²) >= 11 is 0. The van der Waals surface area contributed by atoms with E-state index in [1.165, 1.54) is 0 Å². The second kappa shape index (κ2) is 9.57. The van der Waals surface area contributed by atoms with Gasteiger partial charge in [-0.15, -0.1) is 0 Å². The molecule has 2 aromatic carbocycles. The molecule has 10 heteroatoms. The van der Waals surface area contributed by atoms with Crippen molar-refractivity contribution in [1.29, 1.82) is 0 Å². The Kier molecular flexibility index (Phi) is 6.17. The molecule has 10 nitrogen and oxygen atoms in total. The van der Waals surface area contributed by atoms with E-state index in [1.54, 1.807) is 31.3 Å². The van der Waals surface area contributed by atoms with Crippen LogP contribution in [0.2, 0.25) is 0 Å². The summed E-state index contributed by atoms with van der Waals surface area (Å²) in [5.74, 6) is 3.24. The molecule has 5 rings (SSSR count). The molecule has 35 heavy (non-hydrogen) atoms. The average Bonchev–Trinajstić information content (AvgIpc) is 3.31. The molecule has 0 saturated heterocycles. The van der Waals surface area contributed by atoms with E-state index in [-0.39, 0.29) is 12.3 Å². The highest BCUT2D eigenvalue weighted by molar-refractivity contribution is 5.96. The third-order valence-electron chi connectivity index (χ3n) is 5.99. The fraction of sp³-hybridized carbons (Fsp3) is 0.320. The molecule has 1 aliphatic heterocycles. The third kappa shape index (κ3) is 4.46. The minimum absolute atomic E-state index is 0.0583. The maximum Gasteiger partial charge on any atom is 0.228 e. The van der Waals surface area contributed by atoms with Crippen LogP contribution < -0.4 is 19.3 Å². The quantitative estimate of drug-likeness (QED) is 0.415. The number of aryl methyl sites for hydroxylation is 1. The highest BCUT2D eigenvalue weighted by Gasteiger charge is 2.27. The average molecular weight is 475 g/mol. The fourth-order valence-electron chi connectivity index (χ4n) is 4.14. The fourth-order valence-corrected chi connectivity index (χ4v) is 4.14. The van der Waals surface area contributed by atoms with Crippen molar-refractivity contribution in [3.8, 4) is 22.9 Å². The molecule has 0 atom stereocenters. The molecular formula is C25H26N6O4. The molecule has 0 unspecified atom stereocenters. The molecule has 0 saturated carbocycles. The minimum Gasteiger partial charge on any atom is -0.493 e. The highest BCUT2D eigenvalue weighted by Crippen LogP contribution is 2.32. The summed E-state index contributed by atoms with van der Waals surface area (Å²) < 4.78 is 16.0. The third-order valence-corrected chi connectivity index (χ3v) is 5.99. The van der Waals surface area contributed by atoms with E-state index in [2.05, 4.69) is 15.0 Å². The number of fused-ring (bicyclic) bond motifs is 2. The van der Waals surface area contributed by atoms with Crippen molar-refractivity contribution in [2.75, 3.05) is 44.2 Å². The molecule has 1 aliphatic rings. The van der Waals surface area contributed by atoms with E-state index >= 15 is 0 Å². The molecule has 0 radical (unpaired) electrons. The summed E-state index contributed by atoms with van der Waals surface area (Å²) in [7, 11) is 5.13. The van der Waals surface area contributed by atoms with Crippen molar-refractivity contribution in [3.05, 3.63) is 48.4 Å². The topological polar surface area (TPSA) is 107 Å². The lowest BCUT2D eigenvalue weighted by Crippen LogP contribution is -2.32. The lowest BCUT2D eigenvalue weighted by atomic mass is 10.2. The number of rotatable bonds is 6. The number of aromatic nitrogens is 4. The number of carbonyl (C=O) groups excluding carboxylic acids is 1. The van der Waals surface area contributed by atoms with E-state index in [0.717, 1.165) is 29.6 Å². The van der Waals surface area contributed by atoms with Gasteiger partial charge in [-0.3, -0.25) is 9.69 Å². The Morgan fingerprint density at radius 1 is 0.971 bits per heavy atom. The van der Waals surface area contributed by atoms with Crippen LogP contribution in [0.1, 0.15) is 18.7 Å². The first kappa shape index (κ1) is 22.6. The SMILES string of the molecule is COc1ccc(-c2noc(CCC(=O)N3CCCN(C)c4nc5ccccc5nc43)n2)cc1OC. The van der Waals surface area contributed by atoms with Crippen LogP contribution in [0.25, 0.3) is 22.4 Å². The maximum atomic E-state index is 13.3. The Morgan fingerprint density at radius 2 is 1.71 bits per heavy atom. The number of amides is 1. The molecule has 0 bridgehead atoms. The lowest BCUT2D eigenvalue weighted by Gasteiger charge is -2.22. The van der Waals surface area contributed by atoms with Gasteiger partial charge in [0.15, 0.2) is 23.1 Å². The van der Waals surface area contributed by atoms with Gasteiger partial charge in [-0.25, -0.2) is 9.97 Å².